The molecule has 1 N–H and O–H groups in total. The number of benzene rings is 1. The van der Waals surface area contributed by atoms with E-state index in [4.69, 9.17) is 9.47 Å². The Balaban J connectivity index is 1.15. The lowest BCUT2D eigenvalue weighted by molar-refractivity contribution is -0.117. The van der Waals surface area contributed by atoms with E-state index in [-0.39, 0.29) is 47.1 Å². The minimum absolute atomic E-state index is 0.00276. The van der Waals surface area contributed by atoms with Crippen molar-refractivity contribution in [2.24, 2.45) is 0 Å². The highest BCUT2D eigenvalue weighted by atomic mass is 19.1. The first kappa shape index (κ1) is 29.5. The number of halogens is 2. The van der Waals surface area contributed by atoms with Crippen molar-refractivity contribution in [1.82, 2.24) is 9.55 Å². The van der Waals surface area contributed by atoms with Crippen molar-refractivity contribution in [2.75, 3.05) is 29.4 Å². The Morgan fingerprint density at radius 3 is 2.59 bits per heavy atom. The van der Waals surface area contributed by atoms with Gasteiger partial charge >= 0.3 is 12.1 Å². The Hall–Kier alpha value is -4.55. The molecule has 6 rings (SSSR count). The van der Waals surface area contributed by atoms with Crippen LogP contribution in [0.1, 0.15) is 68.3 Å². The maximum absolute atomic E-state index is 15.4. The van der Waals surface area contributed by atoms with Crippen LogP contribution in [0.15, 0.2) is 35.3 Å². The first-order chi connectivity index (χ1) is 21.1. The first-order valence-electron chi connectivity index (χ1n) is 14.8. The van der Waals surface area contributed by atoms with Crippen LogP contribution in [0, 0.1) is 11.6 Å². The van der Waals surface area contributed by atoms with Crippen LogP contribution in [-0.2, 0) is 9.53 Å². The van der Waals surface area contributed by atoms with Crippen LogP contribution >= 0.6 is 0 Å². The topological polar surface area (TPSA) is 131 Å². The highest BCUT2D eigenvalue weighted by molar-refractivity contribution is 5.92. The van der Waals surface area contributed by atoms with Gasteiger partial charge in [0, 0.05) is 44.2 Å². The van der Waals surface area contributed by atoms with Gasteiger partial charge in [-0.3, -0.25) is 9.69 Å². The highest BCUT2D eigenvalue weighted by Gasteiger charge is 2.33. The number of carboxylic acid groups (broad SMARTS) is 1. The average Bonchev–Trinajstić information content (AvgIpc) is 3.79. The smallest absolute Gasteiger partial charge is 0.414 e. The van der Waals surface area contributed by atoms with Crippen molar-refractivity contribution in [3.05, 3.63) is 57.9 Å². The van der Waals surface area contributed by atoms with E-state index < -0.39 is 40.8 Å². The molecule has 3 fully saturated rings. The first-order valence-corrected chi connectivity index (χ1v) is 14.8. The van der Waals surface area contributed by atoms with Crippen molar-refractivity contribution in [3.8, 4) is 5.75 Å². The molecule has 13 heteroatoms. The number of carbonyl (C=O) groups excluding carboxylic acids is 2. The zero-order valence-electron chi connectivity index (χ0n) is 24.1. The normalized spacial score (nSPS) is 20.5. The number of aromatic carboxylic acids is 1. The number of carboxylic acids is 1. The number of pyridine rings is 2. The Labute approximate surface area is 251 Å². The van der Waals surface area contributed by atoms with Crippen molar-refractivity contribution >= 4 is 40.4 Å². The van der Waals surface area contributed by atoms with E-state index in [1.807, 2.05) is 0 Å². The van der Waals surface area contributed by atoms with E-state index in [9.17, 15) is 24.3 Å². The van der Waals surface area contributed by atoms with Crippen molar-refractivity contribution in [1.29, 1.82) is 0 Å². The average molecular weight is 611 g/mol. The third kappa shape index (κ3) is 5.95. The maximum Gasteiger partial charge on any atom is 0.414 e. The monoisotopic (exact) mass is 610 g/mol. The quantitative estimate of drug-likeness (QED) is 0.362. The molecule has 0 bridgehead atoms. The molecule has 0 spiro atoms. The van der Waals surface area contributed by atoms with E-state index >= 15 is 8.78 Å². The van der Waals surface area contributed by atoms with Gasteiger partial charge < -0.3 is 28.8 Å². The number of amides is 1. The van der Waals surface area contributed by atoms with Gasteiger partial charge in [0.1, 0.15) is 29.2 Å². The summed E-state index contributed by atoms with van der Waals surface area (Å²) >= 11 is 0. The second-order valence-electron chi connectivity index (χ2n) is 11.6. The lowest BCUT2D eigenvalue weighted by Gasteiger charge is -2.23. The molecular formula is C31H32F2N4O7. The Morgan fingerprint density at radius 2 is 1.89 bits per heavy atom. The van der Waals surface area contributed by atoms with E-state index in [2.05, 4.69) is 4.98 Å². The number of anilines is 2. The van der Waals surface area contributed by atoms with Gasteiger partial charge in [-0.1, -0.05) is 0 Å². The van der Waals surface area contributed by atoms with Gasteiger partial charge in [-0.15, -0.1) is 0 Å². The minimum Gasteiger partial charge on any atom is -0.487 e. The molecule has 2 aromatic heterocycles. The van der Waals surface area contributed by atoms with Gasteiger partial charge in [0.05, 0.1) is 17.6 Å². The summed E-state index contributed by atoms with van der Waals surface area (Å²) in [5.74, 6) is -2.61. The number of rotatable bonds is 9. The van der Waals surface area contributed by atoms with E-state index in [1.165, 1.54) is 30.2 Å². The third-order valence-electron chi connectivity index (χ3n) is 8.30. The Bertz CT molecular complexity index is 1710. The fraction of sp³-hybridized carbons (Fsp3) is 0.452. The SMILES string of the molecule is CC(=O)CC[C@H]1CN(c2ccc(OC3CCCN(c4nc5c(cc4F)c(=O)c(C(=O)O)cn5C4CC4)CC3)c(F)c2)C(=O)O1. The minimum atomic E-state index is -1.37. The summed E-state index contributed by atoms with van der Waals surface area (Å²) in [6.45, 7) is 2.52. The summed E-state index contributed by atoms with van der Waals surface area (Å²) in [7, 11) is 0. The Morgan fingerprint density at radius 1 is 1.09 bits per heavy atom. The molecule has 11 nitrogen and oxygen atoms in total. The molecular weight excluding hydrogens is 578 g/mol. The molecule has 1 saturated carbocycles. The maximum atomic E-state index is 15.4. The van der Waals surface area contributed by atoms with Crippen LogP contribution in [0.2, 0.25) is 0 Å². The van der Waals surface area contributed by atoms with Crippen LogP contribution in [0.5, 0.6) is 5.75 Å². The number of fused-ring (bicyclic) bond motifs is 1. The van der Waals surface area contributed by atoms with Crippen LogP contribution in [0.4, 0.5) is 25.1 Å². The van der Waals surface area contributed by atoms with E-state index in [0.717, 1.165) is 18.9 Å². The summed E-state index contributed by atoms with van der Waals surface area (Å²) in [6, 6.07) is 5.35. The number of aromatic nitrogens is 2. The largest absolute Gasteiger partial charge is 0.487 e. The lowest BCUT2D eigenvalue weighted by Crippen LogP contribution is -2.28. The van der Waals surface area contributed by atoms with Gasteiger partial charge in [0.25, 0.3) is 0 Å². The molecule has 3 aliphatic rings. The van der Waals surface area contributed by atoms with Crippen molar-refractivity contribution in [2.45, 2.75) is 70.1 Å². The van der Waals surface area contributed by atoms with Gasteiger partial charge in [0.2, 0.25) is 5.43 Å². The second-order valence-corrected chi connectivity index (χ2v) is 11.6. The summed E-state index contributed by atoms with van der Waals surface area (Å²) in [5.41, 5.74) is -0.600. The number of nitrogens with zero attached hydrogens (tertiary/aromatic N) is 4. The lowest BCUT2D eigenvalue weighted by atomic mass is 10.1. The molecule has 1 aliphatic carbocycles. The summed E-state index contributed by atoms with van der Waals surface area (Å²) in [6.07, 6.45) is 3.87. The van der Waals surface area contributed by atoms with Crippen LogP contribution < -0.4 is 20.0 Å². The standard InChI is InChI=1S/C31H32F2N4O7/c1-17(38)4-8-21-15-37(31(42)44-21)19-7-9-26(24(32)13-19)43-20-3-2-11-35(12-10-20)29-25(33)14-22-27(39)23(30(40)41)16-36(18-5-6-18)28(22)34-29/h7,9,13-14,16,18,20-21H,2-6,8,10-12,15H2,1H3,(H,40,41)/t20?,21-/m0/s1. The predicted molar refractivity (Wildman–Crippen MR) is 156 cm³/mol. The molecule has 2 aliphatic heterocycles. The highest BCUT2D eigenvalue weighted by Crippen LogP contribution is 2.37. The number of Topliss-reactive ketones (excluding diaryl/α,β-unsaturated/α-hetero) is 1. The number of carbonyl (C=O) groups is 3. The zero-order valence-corrected chi connectivity index (χ0v) is 24.1. The number of ether oxygens (including phenoxy) is 2. The molecule has 4 heterocycles. The van der Waals surface area contributed by atoms with Crippen molar-refractivity contribution < 1.29 is 37.7 Å². The molecule has 2 saturated heterocycles. The molecule has 1 unspecified atom stereocenters. The van der Waals surface area contributed by atoms with E-state index in [1.54, 1.807) is 15.5 Å². The number of cyclic esters (lactones) is 1. The second kappa shape index (κ2) is 11.9. The summed E-state index contributed by atoms with van der Waals surface area (Å²) in [5, 5.41) is 9.41. The molecule has 44 heavy (non-hydrogen) atoms. The van der Waals surface area contributed by atoms with Gasteiger partial charge in [0.15, 0.2) is 23.2 Å². The molecule has 0 radical (unpaired) electrons. The number of hydrogen-bond donors (Lipinski definition) is 1. The van der Waals surface area contributed by atoms with Gasteiger partial charge in [-0.25, -0.2) is 23.4 Å². The molecule has 232 valence electrons. The van der Waals surface area contributed by atoms with Gasteiger partial charge in [-0.05, 0) is 57.2 Å². The fourth-order valence-electron chi connectivity index (χ4n) is 5.82. The van der Waals surface area contributed by atoms with E-state index in [0.29, 0.717) is 50.9 Å². The van der Waals surface area contributed by atoms with Crippen LogP contribution in [0.3, 0.4) is 0 Å². The number of hydrogen-bond acceptors (Lipinski definition) is 8. The molecule has 1 amide bonds. The van der Waals surface area contributed by atoms with Crippen molar-refractivity contribution in [3.63, 3.8) is 0 Å². The fourth-order valence-corrected chi connectivity index (χ4v) is 5.82. The zero-order chi connectivity index (χ0) is 31.1. The molecule has 1 aromatic carbocycles. The van der Waals surface area contributed by atoms with Gasteiger partial charge in [-0.2, -0.15) is 0 Å². The van der Waals surface area contributed by atoms with Crippen LogP contribution in [-0.4, -0.2) is 64.3 Å². The summed E-state index contributed by atoms with van der Waals surface area (Å²) < 4.78 is 43.4. The predicted octanol–water partition coefficient (Wildman–Crippen LogP) is 4.84. The Kier molecular flexibility index (Phi) is 7.95. The molecule has 3 aromatic rings. The third-order valence-corrected chi connectivity index (χ3v) is 8.30. The molecule has 2 atom stereocenters. The number of ketones is 1. The van der Waals surface area contributed by atoms with Crippen LogP contribution in [0.25, 0.3) is 11.0 Å². The summed E-state index contributed by atoms with van der Waals surface area (Å²) in [4.78, 5) is 55.6.